The number of aromatic nitrogens is 1. The average molecular weight is 217 g/mol. The monoisotopic (exact) mass is 217 g/mol. The molecule has 1 aromatic heterocycles. The fraction of sp³-hybridized carbons (Fsp3) is 0.500. The summed E-state index contributed by atoms with van der Waals surface area (Å²) in [4.78, 5) is 4.40. The third kappa shape index (κ3) is 2.43. The highest BCUT2D eigenvalue weighted by Gasteiger charge is 2.12. The van der Waals surface area contributed by atoms with Crippen LogP contribution in [0.5, 0.6) is 0 Å². The average Bonchev–Trinajstić information content (AvgIpc) is 2.57. The van der Waals surface area contributed by atoms with Gasteiger partial charge in [-0.15, -0.1) is 0 Å². The second kappa shape index (κ2) is 3.93. The molecule has 0 aliphatic heterocycles. The van der Waals surface area contributed by atoms with Gasteiger partial charge in [-0.1, -0.05) is 33.8 Å². The van der Waals surface area contributed by atoms with E-state index in [1.165, 1.54) is 5.56 Å². The molecule has 86 valence electrons. The molecule has 0 spiro atoms. The number of hydrogen-bond donors (Lipinski definition) is 0. The van der Waals surface area contributed by atoms with Crippen molar-refractivity contribution in [3.63, 3.8) is 0 Å². The first-order valence-corrected chi connectivity index (χ1v) is 5.86. The molecule has 0 unspecified atom stereocenters. The molecule has 0 saturated heterocycles. The predicted molar refractivity (Wildman–Crippen MR) is 66.5 cm³/mol. The van der Waals surface area contributed by atoms with E-state index in [2.05, 4.69) is 50.9 Å². The molecule has 16 heavy (non-hydrogen) atoms. The van der Waals surface area contributed by atoms with Crippen LogP contribution < -0.4 is 0 Å². The summed E-state index contributed by atoms with van der Waals surface area (Å²) >= 11 is 0. The van der Waals surface area contributed by atoms with Crippen molar-refractivity contribution in [2.75, 3.05) is 0 Å². The minimum atomic E-state index is 0.307. The highest BCUT2D eigenvalue weighted by Crippen LogP contribution is 2.24. The topological polar surface area (TPSA) is 26.0 Å². The zero-order valence-corrected chi connectivity index (χ0v) is 10.5. The van der Waals surface area contributed by atoms with Crippen LogP contribution in [0.15, 0.2) is 22.6 Å². The Morgan fingerprint density at radius 3 is 2.62 bits per heavy atom. The van der Waals surface area contributed by atoms with E-state index in [9.17, 15) is 0 Å². The van der Waals surface area contributed by atoms with E-state index >= 15 is 0 Å². The van der Waals surface area contributed by atoms with Crippen molar-refractivity contribution in [3.05, 3.63) is 29.7 Å². The van der Waals surface area contributed by atoms with Gasteiger partial charge in [0.2, 0.25) is 0 Å². The van der Waals surface area contributed by atoms with Crippen molar-refractivity contribution < 1.29 is 4.42 Å². The van der Waals surface area contributed by atoms with E-state index in [4.69, 9.17) is 4.42 Å². The number of hydrogen-bond acceptors (Lipinski definition) is 2. The summed E-state index contributed by atoms with van der Waals surface area (Å²) in [5, 5.41) is 0. The molecule has 0 amide bonds. The van der Waals surface area contributed by atoms with E-state index in [0.717, 1.165) is 29.8 Å². The van der Waals surface area contributed by atoms with Crippen LogP contribution in [0.2, 0.25) is 0 Å². The van der Waals surface area contributed by atoms with Gasteiger partial charge >= 0.3 is 0 Å². The first kappa shape index (κ1) is 11.2. The summed E-state index contributed by atoms with van der Waals surface area (Å²) in [5.41, 5.74) is 3.51. The van der Waals surface area contributed by atoms with Crippen molar-refractivity contribution >= 4 is 11.1 Å². The third-order valence-electron chi connectivity index (χ3n) is 2.53. The van der Waals surface area contributed by atoms with Crippen LogP contribution in [0.3, 0.4) is 0 Å². The lowest BCUT2D eigenvalue weighted by atomic mass is 9.88. The quantitative estimate of drug-likeness (QED) is 0.760. The molecule has 2 heteroatoms. The van der Waals surface area contributed by atoms with Gasteiger partial charge in [-0.05, 0) is 29.5 Å². The maximum Gasteiger partial charge on any atom is 0.195 e. The zero-order chi connectivity index (χ0) is 11.8. The Balaban J connectivity index is 2.36. The molecule has 0 bridgehead atoms. The Bertz CT molecular complexity index is 491. The lowest BCUT2D eigenvalue weighted by Gasteiger charge is -2.17. The number of oxazole rings is 1. The number of aryl methyl sites for hydroxylation is 1. The van der Waals surface area contributed by atoms with E-state index in [1.54, 1.807) is 0 Å². The maximum atomic E-state index is 5.66. The molecule has 0 saturated carbocycles. The molecule has 1 aromatic carbocycles. The van der Waals surface area contributed by atoms with Gasteiger partial charge in [-0.3, -0.25) is 0 Å². The SMILES string of the molecule is CCc1nc2ccc(CC(C)(C)C)cc2o1. The van der Waals surface area contributed by atoms with Crippen molar-refractivity contribution in [2.24, 2.45) is 5.41 Å². The first-order valence-electron chi connectivity index (χ1n) is 5.86. The Morgan fingerprint density at radius 1 is 1.25 bits per heavy atom. The number of fused-ring (bicyclic) bond motifs is 1. The Morgan fingerprint density at radius 2 is 2.00 bits per heavy atom. The largest absolute Gasteiger partial charge is 0.441 e. The van der Waals surface area contributed by atoms with Gasteiger partial charge in [0.25, 0.3) is 0 Å². The molecule has 0 fully saturated rings. The Kier molecular flexibility index (Phi) is 2.75. The van der Waals surface area contributed by atoms with Crippen molar-refractivity contribution in [1.82, 2.24) is 4.98 Å². The van der Waals surface area contributed by atoms with Gasteiger partial charge < -0.3 is 4.42 Å². The highest BCUT2D eigenvalue weighted by molar-refractivity contribution is 5.73. The molecular formula is C14H19NO. The maximum absolute atomic E-state index is 5.66. The first-order chi connectivity index (χ1) is 7.48. The summed E-state index contributed by atoms with van der Waals surface area (Å²) in [5.74, 6) is 0.822. The van der Waals surface area contributed by atoms with Gasteiger partial charge in [0, 0.05) is 6.42 Å². The van der Waals surface area contributed by atoms with Gasteiger partial charge in [-0.25, -0.2) is 4.98 Å². The number of rotatable bonds is 2. The summed E-state index contributed by atoms with van der Waals surface area (Å²) in [7, 11) is 0. The second-order valence-electron chi connectivity index (χ2n) is 5.50. The van der Waals surface area contributed by atoms with Crippen molar-refractivity contribution in [1.29, 1.82) is 0 Å². The van der Waals surface area contributed by atoms with E-state index in [0.29, 0.717) is 5.41 Å². The van der Waals surface area contributed by atoms with Crippen molar-refractivity contribution in [3.8, 4) is 0 Å². The molecule has 2 rings (SSSR count). The van der Waals surface area contributed by atoms with Gasteiger partial charge in [0.05, 0.1) is 0 Å². The Labute approximate surface area is 96.7 Å². The van der Waals surface area contributed by atoms with Crippen LogP contribution in [0, 0.1) is 5.41 Å². The van der Waals surface area contributed by atoms with Crippen LogP contribution in [0.1, 0.15) is 39.1 Å². The minimum absolute atomic E-state index is 0.307. The van der Waals surface area contributed by atoms with E-state index < -0.39 is 0 Å². The van der Waals surface area contributed by atoms with Gasteiger partial charge in [0.15, 0.2) is 11.5 Å². The zero-order valence-electron chi connectivity index (χ0n) is 10.5. The third-order valence-corrected chi connectivity index (χ3v) is 2.53. The van der Waals surface area contributed by atoms with Crippen LogP contribution in [-0.4, -0.2) is 4.98 Å². The van der Waals surface area contributed by atoms with Crippen LogP contribution in [0.4, 0.5) is 0 Å². The lowest BCUT2D eigenvalue weighted by molar-refractivity contribution is 0.411. The molecular weight excluding hydrogens is 198 g/mol. The standard InChI is InChI=1S/C14H19NO/c1-5-13-15-11-7-6-10(8-12(11)16-13)9-14(2,3)4/h6-8H,5,9H2,1-4H3. The van der Waals surface area contributed by atoms with E-state index in [-0.39, 0.29) is 0 Å². The molecule has 0 aliphatic carbocycles. The summed E-state index contributed by atoms with van der Waals surface area (Å²) in [6, 6.07) is 6.32. The minimum Gasteiger partial charge on any atom is -0.441 e. The molecule has 2 aromatic rings. The molecule has 1 heterocycles. The summed E-state index contributed by atoms with van der Waals surface area (Å²) in [6.07, 6.45) is 1.91. The summed E-state index contributed by atoms with van der Waals surface area (Å²) in [6.45, 7) is 8.79. The molecule has 2 nitrogen and oxygen atoms in total. The lowest BCUT2D eigenvalue weighted by Crippen LogP contribution is -2.08. The molecule has 0 radical (unpaired) electrons. The molecule has 0 atom stereocenters. The Hall–Kier alpha value is -1.31. The molecule has 0 N–H and O–H groups in total. The van der Waals surface area contributed by atoms with Crippen LogP contribution in [0.25, 0.3) is 11.1 Å². The highest BCUT2D eigenvalue weighted by atomic mass is 16.3. The molecule has 0 aliphatic rings. The van der Waals surface area contributed by atoms with Crippen LogP contribution in [-0.2, 0) is 12.8 Å². The van der Waals surface area contributed by atoms with Crippen LogP contribution >= 0.6 is 0 Å². The predicted octanol–water partition coefficient (Wildman–Crippen LogP) is 3.98. The fourth-order valence-corrected chi connectivity index (χ4v) is 1.89. The van der Waals surface area contributed by atoms with Gasteiger partial charge in [-0.2, -0.15) is 0 Å². The van der Waals surface area contributed by atoms with Gasteiger partial charge in [0.1, 0.15) is 5.52 Å². The fourth-order valence-electron chi connectivity index (χ4n) is 1.89. The second-order valence-corrected chi connectivity index (χ2v) is 5.50. The normalized spacial score (nSPS) is 12.2. The number of nitrogens with zero attached hydrogens (tertiary/aromatic N) is 1. The summed E-state index contributed by atoms with van der Waals surface area (Å²) < 4.78 is 5.66. The van der Waals surface area contributed by atoms with Crippen molar-refractivity contribution in [2.45, 2.75) is 40.5 Å². The number of benzene rings is 1. The smallest absolute Gasteiger partial charge is 0.195 e. The van der Waals surface area contributed by atoms with E-state index in [1.807, 2.05) is 0 Å².